The third kappa shape index (κ3) is 4.09. The Morgan fingerprint density at radius 2 is 1.73 bits per heavy atom. The second-order valence-electron chi connectivity index (χ2n) is 7.58. The van der Waals surface area contributed by atoms with Crippen molar-refractivity contribution in [1.82, 2.24) is 15.1 Å². The summed E-state index contributed by atoms with van der Waals surface area (Å²) in [6.07, 6.45) is 2.18. The lowest BCUT2D eigenvalue weighted by atomic mass is 10.0. The predicted octanol–water partition coefficient (Wildman–Crippen LogP) is 2.97. The Balaban J connectivity index is 1.61. The number of fused-ring (bicyclic) bond motifs is 1. The van der Waals surface area contributed by atoms with E-state index in [1.54, 1.807) is 66.3 Å². The first-order valence-electron chi connectivity index (χ1n) is 10.5. The third-order valence-electron chi connectivity index (χ3n) is 5.76. The van der Waals surface area contributed by atoms with Crippen LogP contribution >= 0.6 is 0 Å². The molecule has 3 aromatic rings. The Bertz CT molecular complexity index is 1190. The minimum absolute atomic E-state index is 0.181. The molecule has 1 N–H and O–H groups in total. The first-order valence-corrected chi connectivity index (χ1v) is 10.5. The number of rotatable bonds is 6. The van der Waals surface area contributed by atoms with Gasteiger partial charge >= 0.3 is 0 Å². The van der Waals surface area contributed by atoms with Gasteiger partial charge in [0.1, 0.15) is 5.75 Å². The van der Waals surface area contributed by atoms with Crippen molar-refractivity contribution in [2.75, 3.05) is 32.8 Å². The highest BCUT2D eigenvalue weighted by Gasteiger charge is 2.34. The van der Waals surface area contributed by atoms with Gasteiger partial charge in [0.2, 0.25) is 0 Å². The standard InChI is InChI=1S/C24H26N4O5/c1-27-22-17(26-23(29)16-7-5-6-8-19(16)31-2)11-12-28(18(22)14-25-27)24(30)15-9-10-20(32-3)21(13-15)33-4/h5-10,13-14,17H,11-12H2,1-4H3,(H,26,29). The van der Waals surface area contributed by atoms with Crippen molar-refractivity contribution in [3.8, 4) is 17.2 Å². The Labute approximate surface area is 191 Å². The number of nitrogens with zero attached hydrogens (tertiary/aromatic N) is 3. The van der Waals surface area contributed by atoms with Crippen molar-refractivity contribution in [2.45, 2.75) is 12.5 Å². The second-order valence-corrected chi connectivity index (χ2v) is 7.58. The molecule has 1 atom stereocenters. The third-order valence-corrected chi connectivity index (χ3v) is 5.76. The zero-order valence-electron chi connectivity index (χ0n) is 19.0. The maximum absolute atomic E-state index is 13.4. The van der Waals surface area contributed by atoms with Crippen molar-refractivity contribution in [3.63, 3.8) is 0 Å². The molecule has 2 aromatic carbocycles. The van der Waals surface area contributed by atoms with E-state index in [-0.39, 0.29) is 17.9 Å². The second kappa shape index (κ2) is 9.23. The Hall–Kier alpha value is -4.01. The molecule has 9 nitrogen and oxygen atoms in total. The van der Waals surface area contributed by atoms with Gasteiger partial charge in [-0.2, -0.15) is 5.10 Å². The summed E-state index contributed by atoms with van der Waals surface area (Å²) in [5.41, 5.74) is 2.35. The average molecular weight is 450 g/mol. The van der Waals surface area contributed by atoms with Gasteiger partial charge in [0.15, 0.2) is 11.5 Å². The van der Waals surface area contributed by atoms with Gasteiger partial charge in [-0.1, -0.05) is 12.1 Å². The summed E-state index contributed by atoms with van der Waals surface area (Å²) in [6.45, 7) is 0.419. The van der Waals surface area contributed by atoms with E-state index in [9.17, 15) is 9.59 Å². The molecule has 0 saturated heterocycles. The molecule has 0 saturated carbocycles. The molecule has 0 spiro atoms. The van der Waals surface area contributed by atoms with Gasteiger partial charge in [0.05, 0.1) is 50.5 Å². The van der Waals surface area contributed by atoms with Crippen LogP contribution in [0.1, 0.15) is 38.9 Å². The van der Waals surface area contributed by atoms with Crippen LogP contribution in [-0.4, -0.2) is 49.5 Å². The van der Waals surface area contributed by atoms with Gasteiger partial charge in [-0.25, -0.2) is 0 Å². The molecule has 1 aliphatic heterocycles. The van der Waals surface area contributed by atoms with Crippen LogP contribution in [0.25, 0.3) is 0 Å². The topological polar surface area (TPSA) is 94.9 Å². The van der Waals surface area contributed by atoms with Gasteiger partial charge in [0.25, 0.3) is 11.8 Å². The SMILES string of the molecule is COc1ccc(C(=O)N2CCC(NC(=O)c3ccccc3OC)c3c2cnn3C)cc1OC. The number of carbonyl (C=O) groups excluding carboxylic acids is 2. The molecule has 172 valence electrons. The van der Waals surface area contributed by atoms with Crippen LogP contribution in [0.15, 0.2) is 48.7 Å². The summed E-state index contributed by atoms with van der Waals surface area (Å²) in [4.78, 5) is 28.0. The van der Waals surface area contributed by atoms with Crippen LogP contribution in [0.2, 0.25) is 0 Å². The van der Waals surface area contributed by atoms with Crippen LogP contribution in [0.5, 0.6) is 17.2 Å². The van der Waals surface area contributed by atoms with Crippen LogP contribution in [-0.2, 0) is 7.05 Å². The van der Waals surface area contributed by atoms with Crippen LogP contribution < -0.4 is 24.4 Å². The zero-order chi connectivity index (χ0) is 23.5. The van der Waals surface area contributed by atoms with Gasteiger partial charge in [0, 0.05) is 19.2 Å². The average Bonchev–Trinajstić information content (AvgIpc) is 3.25. The summed E-state index contributed by atoms with van der Waals surface area (Å²) >= 11 is 0. The lowest BCUT2D eigenvalue weighted by Gasteiger charge is -2.32. The first kappa shape index (κ1) is 22.2. The molecule has 9 heteroatoms. The Morgan fingerprint density at radius 1 is 1.00 bits per heavy atom. The van der Waals surface area contributed by atoms with Crippen molar-refractivity contribution in [3.05, 3.63) is 65.5 Å². The monoisotopic (exact) mass is 450 g/mol. The fourth-order valence-electron chi connectivity index (χ4n) is 4.11. The lowest BCUT2D eigenvalue weighted by Crippen LogP contribution is -2.41. The molecule has 0 aliphatic carbocycles. The van der Waals surface area contributed by atoms with Crippen molar-refractivity contribution >= 4 is 17.5 Å². The molecule has 2 heterocycles. The van der Waals surface area contributed by atoms with E-state index >= 15 is 0 Å². The summed E-state index contributed by atoms with van der Waals surface area (Å²) in [6, 6.07) is 11.8. The number of ether oxygens (including phenoxy) is 3. The summed E-state index contributed by atoms with van der Waals surface area (Å²) < 4.78 is 17.6. The van der Waals surface area contributed by atoms with Crippen LogP contribution in [0, 0.1) is 0 Å². The van der Waals surface area contributed by atoms with E-state index in [1.165, 1.54) is 14.2 Å². The largest absolute Gasteiger partial charge is 0.496 e. The molecule has 1 aliphatic rings. The number of aryl methyl sites for hydroxylation is 1. The quantitative estimate of drug-likeness (QED) is 0.621. The molecule has 1 unspecified atom stereocenters. The first-order chi connectivity index (χ1) is 16.0. The van der Waals surface area contributed by atoms with E-state index in [0.717, 1.165) is 5.69 Å². The molecule has 0 bridgehead atoms. The summed E-state index contributed by atoms with van der Waals surface area (Å²) in [5.74, 6) is 1.10. The minimum Gasteiger partial charge on any atom is -0.496 e. The smallest absolute Gasteiger partial charge is 0.258 e. The molecule has 1 aromatic heterocycles. The van der Waals surface area contributed by atoms with Crippen LogP contribution in [0.4, 0.5) is 5.69 Å². The van der Waals surface area contributed by atoms with E-state index in [1.807, 2.05) is 6.07 Å². The Kier molecular flexibility index (Phi) is 6.21. The van der Waals surface area contributed by atoms with Gasteiger partial charge in [-0.05, 0) is 36.8 Å². The van der Waals surface area contributed by atoms with Gasteiger partial charge in [-0.3, -0.25) is 14.3 Å². The maximum Gasteiger partial charge on any atom is 0.258 e. The fraction of sp³-hybridized carbons (Fsp3) is 0.292. The summed E-state index contributed by atoms with van der Waals surface area (Å²) in [5, 5.41) is 7.42. The highest BCUT2D eigenvalue weighted by Crippen LogP contribution is 2.36. The predicted molar refractivity (Wildman–Crippen MR) is 122 cm³/mol. The molecule has 33 heavy (non-hydrogen) atoms. The lowest BCUT2D eigenvalue weighted by molar-refractivity contribution is 0.0928. The van der Waals surface area contributed by atoms with E-state index < -0.39 is 0 Å². The number of para-hydroxylation sites is 1. The molecule has 4 rings (SSSR count). The van der Waals surface area contributed by atoms with Gasteiger partial charge < -0.3 is 24.4 Å². The van der Waals surface area contributed by atoms with Crippen molar-refractivity contribution in [2.24, 2.45) is 7.05 Å². The highest BCUT2D eigenvalue weighted by atomic mass is 16.5. The molecule has 2 amide bonds. The highest BCUT2D eigenvalue weighted by molar-refractivity contribution is 6.07. The number of hydrogen-bond acceptors (Lipinski definition) is 6. The Morgan fingerprint density at radius 3 is 2.45 bits per heavy atom. The number of hydrogen-bond donors (Lipinski definition) is 1. The number of carbonyl (C=O) groups is 2. The molecule has 0 fully saturated rings. The summed E-state index contributed by atoms with van der Waals surface area (Å²) in [7, 11) is 6.40. The van der Waals surface area contributed by atoms with Crippen LogP contribution in [0.3, 0.4) is 0 Å². The van der Waals surface area contributed by atoms with Crippen molar-refractivity contribution in [1.29, 1.82) is 0 Å². The number of amides is 2. The van der Waals surface area contributed by atoms with Crippen molar-refractivity contribution < 1.29 is 23.8 Å². The number of methoxy groups -OCH3 is 3. The van der Waals surface area contributed by atoms with Gasteiger partial charge in [-0.15, -0.1) is 0 Å². The minimum atomic E-state index is -0.306. The van der Waals surface area contributed by atoms with E-state index in [2.05, 4.69) is 10.4 Å². The molecular weight excluding hydrogens is 424 g/mol. The fourth-order valence-corrected chi connectivity index (χ4v) is 4.11. The number of benzene rings is 2. The molecule has 0 radical (unpaired) electrons. The van der Waals surface area contributed by atoms with E-state index in [4.69, 9.17) is 14.2 Å². The molecular formula is C24H26N4O5. The maximum atomic E-state index is 13.4. The van der Waals surface area contributed by atoms with E-state index in [0.29, 0.717) is 47.0 Å². The number of aromatic nitrogens is 2. The zero-order valence-corrected chi connectivity index (χ0v) is 19.0. The normalized spacial score (nSPS) is 14.9. The number of nitrogens with one attached hydrogen (secondary N) is 1. The number of anilines is 1.